The van der Waals surface area contributed by atoms with E-state index in [2.05, 4.69) is 29.5 Å². The molecule has 0 fully saturated rings. The molecular weight excluding hydrogens is 338 g/mol. The third-order valence-electron chi connectivity index (χ3n) is 4.90. The van der Waals surface area contributed by atoms with E-state index in [4.69, 9.17) is 0 Å². The predicted molar refractivity (Wildman–Crippen MR) is 106 cm³/mol. The van der Waals surface area contributed by atoms with Crippen LogP contribution in [0.15, 0.2) is 72.0 Å². The zero-order valence-electron chi connectivity index (χ0n) is 15.5. The number of carboxylic acids is 1. The van der Waals surface area contributed by atoms with E-state index in [1.807, 2.05) is 57.5 Å². The molecule has 1 aliphatic heterocycles. The van der Waals surface area contributed by atoms with Gasteiger partial charge in [0.1, 0.15) is 19.7 Å². The molecule has 5 nitrogen and oxygen atoms in total. The standard InChI is InChI=1S/C22H20N3O2/c1-24-20-14-18(13-19(22(26)27)21(20)25(2,3)23-24)17-11-9-16(10-12-17)15-7-5-4-6-8-15/h4-14H,1-3H3/q+1/p+1. The zero-order chi connectivity index (χ0) is 19.2. The Kier molecular flexibility index (Phi) is 3.89. The summed E-state index contributed by atoms with van der Waals surface area (Å²) >= 11 is 0. The molecule has 0 aliphatic carbocycles. The Balaban J connectivity index is 1.82. The van der Waals surface area contributed by atoms with Gasteiger partial charge >= 0.3 is 11.7 Å². The summed E-state index contributed by atoms with van der Waals surface area (Å²) in [6.45, 7) is 0. The van der Waals surface area contributed by atoms with Gasteiger partial charge in [-0.1, -0.05) is 54.6 Å². The summed E-state index contributed by atoms with van der Waals surface area (Å²) in [6.07, 6.45) is 0. The molecule has 1 aliphatic rings. The van der Waals surface area contributed by atoms with Crippen LogP contribution in [0.2, 0.25) is 0 Å². The van der Waals surface area contributed by atoms with Gasteiger partial charge in [0.15, 0.2) is 12.3 Å². The number of nitrogens with zero attached hydrogens (tertiary/aromatic N) is 3. The van der Waals surface area contributed by atoms with E-state index < -0.39 is 5.97 Å². The van der Waals surface area contributed by atoms with Gasteiger partial charge in [-0.05, 0) is 33.0 Å². The van der Waals surface area contributed by atoms with Gasteiger partial charge in [-0.25, -0.2) is 4.79 Å². The van der Waals surface area contributed by atoms with Crippen molar-refractivity contribution in [3.8, 4) is 22.3 Å². The Morgan fingerprint density at radius 3 is 2.04 bits per heavy atom. The number of rotatable bonds is 3. The minimum atomic E-state index is -0.939. The van der Waals surface area contributed by atoms with Gasteiger partial charge in [0.25, 0.3) is 5.69 Å². The fourth-order valence-electron chi connectivity index (χ4n) is 3.68. The van der Waals surface area contributed by atoms with Gasteiger partial charge < -0.3 is 5.11 Å². The molecule has 0 unspecified atom stereocenters. The minimum Gasteiger partial charge on any atom is -0.477 e. The average Bonchev–Trinajstić information content (AvgIpc) is 2.90. The number of carbonyl (C=O) groups is 1. The third-order valence-corrected chi connectivity index (χ3v) is 4.90. The first-order valence-electron chi connectivity index (χ1n) is 8.75. The molecule has 0 saturated carbocycles. The molecule has 0 amide bonds. The van der Waals surface area contributed by atoms with Crippen molar-refractivity contribution < 1.29 is 14.6 Å². The fraction of sp³-hybridized carbons (Fsp3) is 0.136. The first-order chi connectivity index (χ1) is 12.9. The topological polar surface area (TPSA) is 52.7 Å². The lowest BCUT2D eigenvalue weighted by atomic mass is 9.97. The molecule has 5 heteroatoms. The van der Waals surface area contributed by atoms with Gasteiger partial charge in [-0.3, -0.25) is 0 Å². The van der Waals surface area contributed by atoms with Crippen LogP contribution in [-0.2, 0) is 0 Å². The molecule has 1 heterocycles. The van der Waals surface area contributed by atoms with E-state index in [0.29, 0.717) is 5.69 Å². The number of aromatic carboxylic acids is 1. The Labute approximate surface area is 158 Å². The Hall–Kier alpha value is -3.31. The second kappa shape index (κ2) is 6.14. The number of carboxylic acid groups (broad SMARTS) is 1. The van der Waals surface area contributed by atoms with Crippen molar-refractivity contribution in [2.75, 3.05) is 21.1 Å². The molecule has 0 bridgehead atoms. The van der Waals surface area contributed by atoms with E-state index in [1.54, 1.807) is 10.8 Å². The van der Waals surface area contributed by atoms with Crippen LogP contribution in [0.1, 0.15) is 10.4 Å². The van der Waals surface area contributed by atoms with Crippen LogP contribution in [0.4, 0.5) is 11.4 Å². The average molecular weight is 359 g/mol. The van der Waals surface area contributed by atoms with Crippen molar-refractivity contribution in [3.05, 3.63) is 72.3 Å². The van der Waals surface area contributed by atoms with Gasteiger partial charge in [-0.2, -0.15) is 0 Å². The molecule has 1 N–H and O–H groups in total. The van der Waals surface area contributed by atoms with Gasteiger partial charge in [0.05, 0.1) is 0 Å². The van der Waals surface area contributed by atoms with Crippen molar-refractivity contribution in [1.29, 1.82) is 0 Å². The highest BCUT2D eigenvalue weighted by Crippen LogP contribution is 2.43. The van der Waals surface area contributed by atoms with Gasteiger partial charge in [0, 0.05) is 6.07 Å². The highest BCUT2D eigenvalue weighted by atomic mass is 16.4. The molecule has 0 radical (unpaired) electrons. The molecule has 0 atom stereocenters. The van der Waals surface area contributed by atoms with Crippen LogP contribution in [0, 0.1) is 0 Å². The number of hydrogen-bond donors (Lipinski definition) is 1. The molecule has 0 aromatic heterocycles. The van der Waals surface area contributed by atoms with Gasteiger partial charge in [-0.15, -0.1) is 4.59 Å². The van der Waals surface area contributed by atoms with Crippen LogP contribution in [0.3, 0.4) is 0 Å². The summed E-state index contributed by atoms with van der Waals surface area (Å²) in [4.78, 5) is 11.9. The largest absolute Gasteiger partial charge is 0.477 e. The molecule has 0 spiro atoms. The molecule has 134 valence electrons. The van der Waals surface area contributed by atoms with E-state index in [9.17, 15) is 9.90 Å². The highest BCUT2D eigenvalue weighted by molar-refractivity contribution is 5.98. The van der Waals surface area contributed by atoms with Crippen LogP contribution >= 0.6 is 0 Å². The Morgan fingerprint density at radius 2 is 1.44 bits per heavy atom. The third kappa shape index (κ3) is 2.92. The number of fused-ring (bicyclic) bond motifs is 1. The molecule has 0 saturated heterocycles. The van der Waals surface area contributed by atoms with Crippen molar-refractivity contribution in [2.45, 2.75) is 0 Å². The lowest BCUT2D eigenvalue weighted by Crippen LogP contribution is -2.33. The second-order valence-electron chi connectivity index (χ2n) is 7.15. The second-order valence-corrected chi connectivity index (χ2v) is 7.15. The predicted octanol–water partition coefficient (Wildman–Crippen LogP) is 4.94. The summed E-state index contributed by atoms with van der Waals surface area (Å²) in [5.74, 6) is -0.939. The van der Waals surface area contributed by atoms with E-state index in [-0.39, 0.29) is 10.2 Å². The smallest absolute Gasteiger partial charge is 0.342 e. The van der Waals surface area contributed by atoms with Crippen LogP contribution in [0.5, 0.6) is 0 Å². The molecule has 4 rings (SSSR count). The molecule has 27 heavy (non-hydrogen) atoms. The van der Waals surface area contributed by atoms with Crippen LogP contribution in [-0.4, -0.2) is 36.9 Å². The number of benzene rings is 3. The number of quaternary nitrogens is 1. The maximum Gasteiger partial charge on any atom is 0.342 e. The monoisotopic (exact) mass is 359 g/mol. The lowest BCUT2D eigenvalue weighted by molar-refractivity contribution is -0.484. The minimum absolute atomic E-state index is 0.167. The summed E-state index contributed by atoms with van der Waals surface area (Å²) in [5.41, 5.74) is 5.94. The SMILES string of the molecule is C[N+]1=N[N+](C)(C)c2c(C(=O)O)cc(-c3ccc(-c4ccccc4)cc3)cc21. The Morgan fingerprint density at radius 1 is 0.889 bits per heavy atom. The van der Waals surface area contributed by atoms with Gasteiger partial charge in [0.2, 0.25) is 0 Å². The van der Waals surface area contributed by atoms with E-state index in [0.717, 1.165) is 27.9 Å². The summed E-state index contributed by atoms with van der Waals surface area (Å²) in [6, 6.07) is 22.1. The van der Waals surface area contributed by atoms with Crippen molar-refractivity contribution in [1.82, 2.24) is 4.59 Å². The van der Waals surface area contributed by atoms with Crippen molar-refractivity contribution in [2.24, 2.45) is 5.22 Å². The highest BCUT2D eigenvalue weighted by Gasteiger charge is 2.44. The summed E-state index contributed by atoms with van der Waals surface area (Å²) in [7, 11) is 5.60. The number of hydrogen-bond acceptors (Lipinski definition) is 2. The normalized spacial score (nSPS) is 14.6. The zero-order valence-corrected chi connectivity index (χ0v) is 15.5. The van der Waals surface area contributed by atoms with E-state index >= 15 is 0 Å². The summed E-state index contributed by atoms with van der Waals surface area (Å²) < 4.78 is 1.92. The first-order valence-corrected chi connectivity index (χ1v) is 8.75. The molecule has 3 aromatic rings. The maximum atomic E-state index is 11.9. The Bertz CT molecular complexity index is 1070. The van der Waals surface area contributed by atoms with Crippen LogP contribution < -0.4 is 4.59 Å². The maximum absolute atomic E-state index is 11.9. The van der Waals surface area contributed by atoms with Crippen molar-refractivity contribution >= 4 is 17.3 Å². The molecular formula is C22H21N3O2+2. The molecule has 3 aromatic carbocycles. The first kappa shape index (κ1) is 17.1. The van der Waals surface area contributed by atoms with Crippen molar-refractivity contribution in [3.63, 3.8) is 0 Å². The lowest BCUT2D eigenvalue weighted by Gasteiger charge is -2.14. The summed E-state index contributed by atoms with van der Waals surface area (Å²) in [5, 5.41) is 14.3. The van der Waals surface area contributed by atoms with Crippen LogP contribution in [0.25, 0.3) is 22.3 Å². The fourth-order valence-corrected chi connectivity index (χ4v) is 3.68. The van der Waals surface area contributed by atoms with E-state index in [1.165, 1.54) is 0 Å². The quantitative estimate of drug-likeness (QED) is 0.532.